The lowest BCUT2D eigenvalue weighted by molar-refractivity contribution is 0.207. The summed E-state index contributed by atoms with van der Waals surface area (Å²) in [6.45, 7) is 11.9. The molecule has 1 atom stereocenters. The summed E-state index contributed by atoms with van der Waals surface area (Å²) in [5.41, 5.74) is 0.763. The van der Waals surface area contributed by atoms with Crippen molar-refractivity contribution in [2.75, 3.05) is 13.2 Å². The second-order valence-electron chi connectivity index (χ2n) is 4.58. The molecule has 104 valence electrons. The fraction of sp³-hybridized carbons (Fsp3) is 0.333. The number of rotatable bonds is 8. The first kappa shape index (κ1) is 15.9. The highest BCUT2D eigenvalue weighted by atomic mass is 31.2. The molecule has 0 N–H and O–H groups in total. The van der Waals surface area contributed by atoms with Crippen LogP contribution in [0, 0.1) is 5.92 Å². The van der Waals surface area contributed by atoms with E-state index in [1.54, 1.807) is 6.08 Å². The van der Waals surface area contributed by atoms with E-state index in [2.05, 4.69) is 13.2 Å². The molecule has 0 aliphatic carbocycles. The molecule has 1 unspecified atom stereocenters. The highest BCUT2D eigenvalue weighted by molar-refractivity contribution is 7.65. The lowest BCUT2D eigenvalue weighted by Gasteiger charge is -2.21. The largest absolute Gasteiger partial charge is 0.361 e. The van der Waals surface area contributed by atoms with Gasteiger partial charge in [0.2, 0.25) is 0 Å². The van der Waals surface area contributed by atoms with Crippen LogP contribution in [0.15, 0.2) is 49.6 Å². The number of hydrogen-bond acceptors (Lipinski definition) is 3. The van der Waals surface area contributed by atoms with Crippen LogP contribution in [0.2, 0.25) is 0 Å². The highest BCUT2D eigenvalue weighted by Gasteiger charge is 2.29. The third-order valence-electron chi connectivity index (χ3n) is 2.38. The normalized spacial score (nSPS) is 14.1. The van der Waals surface area contributed by atoms with Crippen molar-refractivity contribution >= 4 is 12.9 Å². The molecule has 0 fully saturated rings. The third kappa shape index (κ3) is 4.79. The summed E-state index contributed by atoms with van der Waals surface area (Å²) in [6.07, 6.45) is 1.55. The molecule has 19 heavy (non-hydrogen) atoms. The Morgan fingerprint density at radius 1 is 1.32 bits per heavy atom. The molecule has 0 saturated heterocycles. The quantitative estimate of drug-likeness (QED) is 0.510. The van der Waals surface area contributed by atoms with Gasteiger partial charge in [-0.3, -0.25) is 4.57 Å². The van der Waals surface area contributed by atoms with Crippen LogP contribution in [0.1, 0.15) is 19.4 Å². The fourth-order valence-corrected chi connectivity index (χ4v) is 3.03. The second kappa shape index (κ2) is 7.44. The van der Waals surface area contributed by atoms with Crippen LogP contribution in [0.25, 0.3) is 5.31 Å². The summed E-state index contributed by atoms with van der Waals surface area (Å²) in [7, 11) is -3.37. The van der Waals surface area contributed by atoms with Crippen LogP contribution >= 0.6 is 7.60 Å². The summed E-state index contributed by atoms with van der Waals surface area (Å²) in [6, 6.07) is 9.29. The molecule has 1 aromatic carbocycles. The predicted molar refractivity (Wildman–Crippen MR) is 80.0 cm³/mol. The van der Waals surface area contributed by atoms with Crippen LogP contribution in [-0.2, 0) is 13.6 Å². The Morgan fingerprint density at radius 3 is 2.47 bits per heavy atom. The molecule has 0 heterocycles. The first-order valence-electron chi connectivity index (χ1n) is 6.24. The molecular weight excluding hydrogens is 259 g/mol. The summed E-state index contributed by atoms with van der Waals surface area (Å²) in [5.74, 6) is 0.268. The maximum atomic E-state index is 12.8. The van der Waals surface area contributed by atoms with Gasteiger partial charge in [0, 0.05) is 0 Å². The van der Waals surface area contributed by atoms with E-state index in [-0.39, 0.29) is 12.5 Å². The molecule has 0 saturated carbocycles. The smallest absolute Gasteiger partial charge is 0.305 e. The lowest BCUT2D eigenvalue weighted by Crippen LogP contribution is -2.04. The van der Waals surface area contributed by atoms with E-state index in [0.29, 0.717) is 11.9 Å². The van der Waals surface area contributed by atoms with E-state index in [1.165, 1.54) is 0 Å². The second-order valence-corrected chi connectivity index (χ2v) is 6.64. The van der Waals surface area contributed by atoms with Gasteiger partial charge >= 0.3 is 7.60 Å². The van der Waals surface area contributed by atoms with E-state index in [4.69, 9.17) is 9.05 Å². The molecule has 3 nitrogen and oxygen atoms in total. The Hall–Kier alpha value is -1.15. The van der Waals surface area contributed by atoms with Crippen molar-refractivity contribution in [3.8, 4) is 0 Å². The third-order valence-corrected chi connectivity index (χ3v) is 4.28. The molecular formula is C15H21O3P. The standard InChI is InChI=1S/C15H21O3P/c1-5-11-17-19(16,18-12-13(2)3)14(4)15-9-7-6-8-10-15/h5-10,13H,1,4,11-12H2,2-3H3. The van der Waals surface area contributed by atoms with Crippen molar-refractivity contribution in [1.82, 2.24) is 0 Å². The van der Waals surface area contributed by atoms with Crippen LogP contribution < -0.4 is 0 Å². The fourth-order valence-electron chi connectivity index (χ4n) is 1.38. The van der Waals surface area contributed by atoms with Gasteiger partial charge in [-0.25, -0.2) is 0 Å². The Bertz CT molecular complexity index is 466. The van der Waals surface area contributed by atoms with Crippen molar-refractivity contribution in [3.05, 3.63) is 55.1 Å². The van der Waals surface area contributed by atoms with Gasteiger partial charge in [-0.05, 0) is 11.5 Å². The maximum Gasteiger partial charge on any atom is 0.361 e. The minimum absolute atomic E-state index is 0.168. The van der Waals surface area contributed by atoms with Crippen LogP contribution in [0.4, 0.5) is 0 Å². The van der Waals surface area contributed by atoms with Crippen molar-refractivity contribution in [1.29, 1.82) is 0 Å². The van der Waals surface area contributed by atoms with Crippen molar-refractivity contribution in [3.63, 3.8) is 0 Å². The van der Waals surface area contributed by atoms with Gasteiger partial charge in [-0.15, -0.1) is 6.58 Å². The zero-order valence-electron chi connectivity index (χ0n) is 11.5. The van der Waals surface area contributed by atoms with Crippen molar-refractivity contribution in [2.24, 2.45) is 5.92 Å². The minimum Gasteiger partial charge on any atom is -0.305 e. The SMILES string of the molecule is C=CCOP(=O)(OCC(C)C)C(=C)c1ccccc1. The molecule has 1 aromatic rings. The molecule has 0 bridgehead atoms. The van der Waals surface area contributed by atoms with E-state index in [1.807, 2.05) is 44.2 Å². The molecule has 0 spiro atoms. The first-order valence-corrected chi connectivity index (χ1v) is 7.79. The van der Waals surface area contributed by atoms with Crippen molar-refractivity contribution < 1.29 is 13.6 Å². The Morgan fingerprint density at radius 2 is 1.95 bits per heavy atom. The van der Waals surface area contributed by atoms with E-state index >= 15 is 0 Å². The summed E-state index contributed by atoms with van der Waals surface area (Å²) < 4.78 is 23.6. The first-order chi connectivity index (χ1) is 8.99. The van der Waals surface area contributed by atoms with E-state index < -0.39 is 7.60 Å². The Kier molecular flexibility index (Phi) is 6.23. The average Bonchev–Trinajstić information content (AvgIpc) is 2.43. The van der Waals surface area contributed by atoms with Gasteiger partial charge in [0.15, 0.2) is 0 Å². The van der Waals surface area contributed by atoms with Gasteiger partial charge in [-0.2, -0.15) is 0 Å². The van der Waals surface area contributed by atoms with Crippen LogP contribution in [0.5, 0.6) is 0 Å². The predicted octanol–water partition coefficient (Wildman–Crippen LogP) is 4.73. The van der Waals surface area contributed by atoms with Crippen LogP contribution in [-0.4, -0.2) is 13.2 Å². The zero-order chi connectivity index (χ0) is 14.3. The molecule has 4 heteroatoms. The van der Waals surface area contributed by atoms with Crippen LogP contribution in [0.3, 0.4) is 0 Å². The molecule has 0 aromatic heterocycles. The Balaban J connectivity index is 2.92. The Labute approximate surface area is 115 Å². The van der Waals surface area contributed by atoms with E-state index in [9.17, 15) is 4.57 Å². The van der Waals surface area contributed by atoms with Gasteiger partial charge in [0.05, 0.1) is 18.5 Å². The molecule has 1 rings (SSSR count). The number of hydrogen-bond donors (Lipinski definition) is 0. The average molecular weight is 280 g/mol. The lowest BCUT2D eigenvalue weighted by atomic mass is 10.2. The topological polar surface area (TPSA) is 35.5 Å². The minimum atomic E-state index is -3.37. The summed E-state index contributed by atoms with van der Waals surface area (Å²) in [4.78, 5) is 0. The van der Waals surface area contributed by atoms with Crippen molar-refractivity contribution in [2.45, 2.75) is 13.8 Å². The summed E-state index contributed by atoms with van der Waals surface area (Å²) >= 11 is 0. The maximum absolute atomic E-state index is 12.8. The zero-order valence-corrected chi connectivity index (χ0v) is 12.4. The highest BCUT2D eigenvalue weighted by Crippen LogP contribution is 2.59. The van der Waals surface area contributed by atoms with Gasteiger partial charge in [0.25, 0.3) is 0 Å². The molecule has 0 amide bonds. The van der Waals surface area contributed by atoms with Gasteiger partial charge in [0.1, 0.15) is 0 Å². The van der Waals surface area contributed by atoms with Gasteiger partial charge in [-0.1, -0.05) is 56.8 Å². The molecule has 0 aliphatic heterocycles. The monoisotopic (exact) mass is 280 g/mol. The molecule has 0 radical (unpaired) electrons. The molecule has 0 aliphatic rings. The van der Waals surface area contributed by atoms with Gasteiger partial charge < -0.3 is 9.05 Å². The number of benzene rings is 1. The van der Waals surface area contributed by atoms with E-state index in [0.717, 1.165) is 5.56 Å². The summed E-state index contributed by atoms with van der Waals surface area (Å²) in [5, 5.41) is 0.385.